The summed E-state index contributed by atoms with van der Waals surface area (Å²) in [6.07, 6.45) is 1.72. The van der Waals surface area contributed by atoms with E-state index < -0.39 is 5.97 Å². The van der Waals surface area contributed by atoms with Crippen LogP contribution in [0.3, 0.4) is 0 Å². The smallest absolute Gasteiger partial charge is 0.356 e. The van der Waals surface area contributed by atoms with Gasteiger partial charge in [-0.3, -0.25) is 0 Å². The Labute approximate surface area is 112 Å². The van der Waals surface area contributed by atoms with Crippen molar-refractivity contribution in [3.05, 3.63) is 39.4 Å². The molecule has 0 saturated heterocycles. The number of carbonyl (C=O) groups is 1. The summed E-state index contributed by atoms with van der Waals surface area (Å²) in [5.74, 6) is -0.690. The third kappa shape index (κ3) is 2.77. The van der Waals surface area contributed by atoms with Crippen LogP contribution in [0, 0.1) is 0 Å². The number of hydrogen-bond donors (Lipinski definition) is 2. The van der Waals surface area contributed by atoms with E-state index in [1.807, 2.05) is 12.3 Å². The Morgan fingerprint density at radius 3 is 2.94 bits per heavy atom. The van der Waals surface area contributed by atoms with Crippen molar-refractivity contribution >= 4 is 34.7 Å². The predicted octanol–water partition coefficient (Wildman–Crippen LogP) is 3.06. The number of carboxylic acids is 1. The summed E-state index contributed by atoms with van der Waals surface area (Å²) in [4.78, 5) is 19.0. The van der Waals surface area contributed by atoms with Crippen LogP contribution in [-0.2, 0) is 0 Å². The van der Waals surface area contributed by atoms with Crippen molar-refractivity contribution in [3.8, 4) is 0 Å². The number of carboxylic acid groups (broad SMARTS) is 1. The Hall–Kier alpha value is -1.66. The maximum absolute atomic E-state index is 10.9. The molecule has 0 aliphatic rings. The number of aromatic carboxylic acids is 1. The van der Waals surface area contributed by atoms with Gasteiger partial charge in [-0.05, 0) is 19.1 Å². The van der Waals surface area contributed by atoms with Crippen LogP contribution in [0.25, 0.3) is 0 Å². The third-order valence-electron chi connectivity index (χ3n) is 2.23. The number of hydrogen-bond acceptors (Lipinski definition) is 5. The standard InChI is InChI=1S/C11H10ClN3O2S/c1-6(10-13-4-5-18-10)14-8-3-2-7(12)9(15-8)11(16)17/h2-6H,1H3,(H,14,15)(H,16,17). The number of nitrogens with zero attached hydrogens (tertiary/aromatic N) is 2. The van der Waals surface area contributed by atoms with Crippen LogP contribution in [0.4, 0.5) is 5.82 Å². The zero-order chi connectivity index (χ0) is 13.1. The van der Waals surface area contributed by atoms with Crippen LogP contribution in [0.5, 0.6) is 0 Å². The molecule has 2 aromatic heterocycles. The van der Waals surface area contributed by atoms with Gasteiger partial charge in [0.05, 0.1) is 11.1 Å². The molecule has 0 aromatic carbocycles. The van der Waals surface area contributed by atoms with Gasteiger partial charge < -0.3 is 10.4 Å². The number of halogens is 1. The Bertz CT molecular complexity index is 559. The maximum Gasteiger partial charge on any atom is 0.356 e. The highest BCUT2D eigenvalue weighted by Gasteiger charge is 2.13. The highest BCUT2D eigenvalue weighted by Crippen LogP contribution is 2.22. The summed E-state index contributed by atoms with van der Waals surface area (Å²) >= 11 is 7.27. The number of thiazole rings is 1. The van der Waals surface area contributed by atoms with Gasteiger partial charge in [0.2, 0.25) is 0 Å². The summed E-state index contributed by atoms with van der Waals surface area (Å²) in [6.45, 7) is 1.93. The summed E-state index contributed by atoms with van der Waals surface area (Å²) in [6, 6.07) is 3.11. The van der Waals surface area contributed by atoms with Gasteiger partial charge in [-0.15, -0.1) is 11.3 Å². The zero-order valence-electron chi connectivity index (χ0n) is 9.42. The van der Waals surface area contributed by atoms with Crippen molar-refractivity contribution in [2.45, 2.75) is 13.0 Å². The first-order chi connectivity index (χ1) is 8.58. The molecule has 0 radical (unpaired) electrons. The lowest BCUT2D eigenvalue weighted by molar-refractivity contribution is 0.0691. The number of pyridine rings is 1. The zero-order valence-corrected chi connectivity index (χ0v) is 11.0. The highest BCUT2D eigenvalue weighted by atomic mass is 35.5. The van der Waals surface area contributed by atoms with Crippen LogP contribution < -0.4 is 5.32 Å². The van der Waals surface area contributed by atoms with Gasteiger partial charge in [0.15, 0.2) is 5.69 Å². The molecule has 2 aromatic rings. The largest absolute Gasteiger partial charge is 0.476 e. The second-order valence-corrected chi connectivity index (χ2v) is 4.90. The van der Waals surface area contributed by atoms with E-state index in [4.69, 9.17) is 16.7 Å². The van der Waals surface area contributed by atoms with E-state index in [-0.39, 0.29) is 16.8 Å². The molecule has 5 nitrogen and oxygen atoms in total. The number of aromatic nitrogens is 2. The topological polar surface area (TPSA) is 75.1 Å². The summed E-state index contributed by atoms with van der Waals surface area (Å²) in [5.41, 5.74) is -0.159. The third-order valence-corrected chi connectivity index (χ3v) is 3.50. The van der Waals surface area contributed by atoms with E-state index in [2.05, 4.69) is 15.3 Å². The molecule has 0 fully saturated rings. The molecule has 18 heavy (non-hydrogen) atoms. The van der Waals surface area contributed by atoms with Gasteiger partial charge in [0, 0.05) is 11.6 Å². The Morgan fingerprint density at radius 1 is 1.56 bits per heavy atom. The highest BCUT2D eigenvalue weighted by molar-refractivity contribution is 7.09. The minimum absolute atomic E-state index is 0.0414. The Morgan fingerprint density at radius 2 is 2.33 bits per heavy atom. The van der Waals surface area contributed by atoms with Crippen LogP contribution in [0.15, 0.2) is 23.7 Å². The molecule has 2 rings (SSSR count). The van der Waals surface area contributed by atoms with Gasteiger partial charge in [-0.1, -0.05) is 11.6 Å². The van der Waals surface area contributed by atoms with Crippen LogP contribution >= 0.6 is 22.9 Å². The average molecular weight is 284 g/mol. The average Bonchev–Trinajstić information content (AvgIpc) is 2.85. The molecule has 0 aliphatic heterocycles. The van der Waals surface area contributed by atoms with Crippen molar-refractivity contribution in [1.82, 2.24) is 9.97 Å². The number of rotatable bonds is 4. The van der Waals surface area contributed by atoms with Crippen molar-refractivity contribution in [2.75, 3.05) is 5.32 Å². The molecule has 0 spiro atoms. The first-order valence-electron chi connectivity index (χ1n) is 5.13. The second-order valence-electron chi connectivity index (χ2n) is 3.57. The summed E-state index contributed by atoms with van der Waals surface area (Å²) in [7, 11) is 0. The molecule has 2 heterocycles. The molecule has 7 heteroatoms. The normalized spacial score (nSPS) is 12.1. The molecule has 2 N–H and O–H groups in total. The van der Waals surface area contributed by atoms with E-state index in [1.54, 1.807) is 12.3 Å². The van der Waals surface area contributed by atoms with E-state index >= 15 is 0 Å². The summed E-state index contributed by atoms with van der Waals surface area (Å²) in [5, 5.41) is 14.9. The van der Waals surface area contributed by atoms with E-state index in [0.29, 0.717) is 5.82 Å². The van der Waals surface area contributed by atoms with E-state index in [1.165, 1.54) is 17.4 Å². The van der Waals surface area contributed by atoms with Crippen LogP contribution in [-0.4, -0.2) is 21.0 Å². The molecular formula is C11H10ClN3O2S. The second kappa shape index (κ2) is 5.32. The van der Waals surface area contributed by atoms with Crippen LogP contribution in [0.2, 0.25) is 5.02 Å². The first kappa shape index (κ1) is 12.8. The first-order valence-corrected chi connectivity index (χ1v) is 6.39. The van der Waals surface area contributed by atoms with E-state index in [0.717, 1.165) is 5.01 Å². The van der Waals surface area contributed by atoms with Gasteiger partial charge in [-0.25, -0.2) is 14.8 Å². The fraction of sp³-hybridized carbons (Fsp3) is 0.182. The van der Waals surface area contributed by atoms with E-state index in [9.17, 15) is 4.79 Å². The SMILES string of the molecule is CC(Nc1ccc(Cl)c(C(=O)O)n1)c1nccs1. The summed E-state index contributed by atoms with van der Waals surface area (Å²) < 4.78 is 0. The van der Waals surface area contributed by atoms with Crippen LogP contribution in [0.1, 0.15) is 28.5 Å². The monoisotopic (exact) mass is 283 g/mol. The number of anilines is 1. The van der Waals surface area contributed by atoms with Gasteiger partial charge in [0.1, 0.15) is 10.8 Å². The molecular weight excluding hydrogens is 274 g/mol. The Kier molecular flexibility index (Phi) is 3.78. The van der Waals surface area contributed by atoms with Crippen molar-refractivity contribution < 1.29 is 9.90 Å². The molecule has 94 valence electrons. The molecule has 0 saturated carbocycles. The fourth-order valence-corrected chi connectivity index (χ4v) is 2.24. The van der Waals surface area contributed by atoms with Gasteiger partial charge in [-0.2, -0.15) is 0 Å². The minimum Gasteiger partial charge on any atom is -0.476 e. The quantitative estimate of drug-likeness (QED) is 0.902. The molecule has 1 unspecified atom stereocenters. The van der Waals surface area contributed by atoms with Gasteiger partial charge in [0.25, 0.3) is 0 Å². The predicted molar refractivity (Wildman–Crippen MR) is 70.4 cm³/mol. The molecule has 0 amide bonds. The Balaban J connectivity index is 2.20. The number of nitrogens with one attached hydrogen (secondary N) is 1. The molecule has 1 atom stereocenters. The van der Waals surface area contributed by atoms with Gasteiger partial charge >= 0.3 is 5.97 Å². The van der Waals surface area contributed by atoms with Crippen molar-refractivity contribution in [2.24, 2.45) is 0 Å². The lowest BCUT2D eigenvalue weighted by Crippen LogP contribution is -2.10. The fourth-order valence-electron chi connectivity index (χ4n) is 1.40. The lowest BCUT2D eigenvalue weighted by atomic mass is 10.3. The van der Waals surface area contributed by atoms with Crippen molar-refractivity contribution in [3.63, 3.8) is 0 Å². The lowest BCUT2D eigenvalue weighted by Gasteiger charge is -2.12. The molecule has 0 aliphatic carbocycles. The van der Waals surface area contributed by atoms with Crippen molar-refractivity contribution in [1.29, 1.82) is 0 Å². The molecule has 0 bridgehead atoms. The maximum atomic E-state index is 10.9. The minimum atomic E-state index is -1.15.